The van der Waals surface area contributed by atoms with Gasteiger partial charge in [0, 0.05) is 24.4 Å². The molecule has 1 fully saturated rings. The van der Waals surface area contributed by atoms with E-state index < -0.39 is 0 Å². The fourth-order valence-corrected chi connectivity index (χ4v) is 3.14. The van der Waals surface area contributed by atoms with Crippen molar-refractivity contribution in [2.24, 2.45) is 0 Å². The molecule has 1 heterocycles. The number of carbonyl (C=O) groups is 1. The van der Waals surface area contributed by atoms with Gasteiger partial charge in [-0.2, -0.15) is 0 Å². The molecule has 1 unspecified atom stereocenters. The van der Waals surface area contributed by atoms with Crippen LogP contribution in [-0.4, -0.2) is 46.9 Å². The first-order valence-electron chi connectivity index (χ1n) is 6.61. The van der Waals surface area contributed by atoms with E-state index in [1.807, 2.05) is 18.0 Å². The van der Waals surface area contributed by atoms with E-state index >= 15 is 0 Å². The molecule has 0 amide bonds. The Bertz CT molecular complexity index is 271. The van der Waals surface area contributed by atoms with Gasteiger partial charge in [0.2, 0.25) is 0 Å². The number of carbonyl (C=O) groups excluding carboxylic acids is 1. The number of hydrogen-bond donors (Lipinski definition) is 1. The van der Waals surface area contributed by atoms with E-state index in [-0.39, 0.29) is 12.6 Å². The van der Waals surface area contributed by atoms with E-state index in [1.54, 1.807) is 6.92 Å². The Morgan fingerprint density at radius 2 is 2.39 bits per heavy atom. The van der Waals surface area contributed by atoms with Gasteiger partial charge in [0.25, 0.3) is 0 Å². The number of nitrogens with zero attached hydrogens (tertiary/aromatic N) is 1. The summed E-state index contributed by atoms with van der Waals surface area (Å²) in [6.07, 6.45) is 7.52. The highest BCUT2D eigenvalue weighted by Gasteiger charge is 2.23. The van der Waals surface area contributed by atoms with Gasteiger partial charge >= 0.3 is 5.97 Å². The van der Waals surface area contributed by atoms with E-state index in [0.29, 0.717) is 12.6 Å². The van der Waals surface area contributed by atoms with Crippen LogP contribution in [0.2, 0.25) is 0 Å². The van der Waals surface area contributed by atoms with Crippen molar-refractivity contribution in [2.45, 2.75) is 38.6 Å². The zero-order valence-electron chi connectivity index (χ0n) is 11.0. The number of hydrogen-bond acceptors (Lipinski definition) is 5. The van der Waals surface area contributed by atoms with Crippen molar-refractivity contribution in [1.82, 2.24) is 4.31 Å². The third kappa shape index (κ3) is 5.89. The van der Waals surface area contributed by atoms with Crippen LogP contribution in [-0.2, 0) is 9.53 Å². The van der Waals surface area contributed by atoms with Crippen molar-refractivity contribution in [3.8, 4) is 0 Å². The smallest absolute Gasteiger partial charge is 0.330 e. The molecule has 1 aliphatic heterocycles. The van der Waals surface area contributed by atoms with Crippen LogP contribution in [0.5, 0.6) is 0 Å². The Hall–Kier alpha value is -0.520. The van der Waals surface area contributed by atoms with Gasteiger partial charge in [0.05, 0.1) is 13.2 Å². The van der Waals surface area contributed by atoms with Crippen molar-refractivity contribution in [3.05, 3.63) is 12.2 Å². The maximum atomic E-state index is 11.0. The Morgan fingerprint density at radius 1 is 1.56 bits per heavy atom. The summed E-state index contributed by atoms with van der Waals surface area (Å²) in [4.78, 5) is 11.0. The number of unbranched alkanes of at least 4 members (excludes halogenated alkanes) is 2. The lowest BCUT2D eigenvalue weighted by molar-refractivity contribution is -0.137. The van der Waals surface area contributed by atoms with Crippen LogP contribution in [0.3, 0.4) is 0 Å². The van der Waals surface area contributed by atoms with Gasteiger partial charge in [-0.3, -0.25) is 0 Å². The van der Waals surface area contributed by atoms with E-state index in [4.69, 9.17) is 4.74 Å². The molecule has 104 valence electrons. The molecule has 0 aliphatic carbocycles. The fraction of sp³-hybridized carbons (Fsp3) is 0.769. The molecule has 0 aromatic rings. The van der Waals surface area contributed by atoms with Gasteiger partial charge in [0.1, 0.15) is 0 Å². The van der Waals surface area contributed by atoms with E-state index in [1.165, 1.54) is 6.08 Å². The third-order valence-corrected chi connectivity index (χ3v) is 4.10. The summed E-state index contributed by atoms with van der Waals surface area (Å²) in [5.41, 5.74) is 0. The van der Waals surface area contributed by atoms with Crippen molar-refractivity contribution in [3.63, 3.8) is 0 Å². The molecule has 1 saturated heterocycles. The molecule has 0 aromatic heterocycles. The standard InChI is InChI=1S/C13H23NO3S/c1-2-17-13(16)7-5-3-4-6-9-14-12(11-15)8-10-18-14/h5,7,12,15H,2-4,6,8-11H2,1H3. The number of aliphatic hydroxyl groups is 1. The topological polar surface area (TPSA) is 49.8 Å². The van der Waals surface area contributed by atoms with E-state index in [9.17, 15) is 9.90 Å². The van der Waals surface area contributed by atoms with Crippen LogP contribution in [0, 0.1) is 0 Å². The summed E-state index contributed by atoms with van der Waals surface area (Å²) < 4.78 is 7.08. The largest absolute Gasteiger partial charge is 0.463 e. The van der Waals surface area contributed by atoms with Gasteiger partial charge in [-0.05, 0) is 32.6 Å². The van der Waals surface area contributed by atoms with Gasteiger partial charge in [-0.1, -0.05) is 18.0 Å². The minimum atomic E-state index is -0.257. The third-order valence-electron chi connectivity index (χ3n) is 2.87. The van der Waals surface area contributed by atoms with Gasteiger partial charge in [0.15, 0.2) is 0 Å². The first-order chi connectivity index (χ1) is 8.77. The Kier molecular flexibility index (Phi) is 8.13. The molecule has 0 saturated carbocycles. The van der Waals surface area contributed by atoms with Crippen LogP contribution in [0.15, 0.2) is 12.2 Å². The molecule has 0 radical (unpaired) electrons. The average molecular weight is 273 g/mol. The van der Waals surface area contributed by atoms with E-state index in [2.05, 4.69) is 4.31 Å². The second kappa shape index (κ2) is 9.42. The Labute approximate surface area is 114 Å². The molecular weight excluding hydrogens is 250 g/mol. The maximum Gasteiger partial charge on any atom is 0.330 e. The Morgan fingerprint density at radius 3 is 3.11 bits per heavy atom. The molecular formula is C13H23NO3S. The summed E-state index contributed by atoms with van der Waals surface area (Å²) in [7, 11) is 0. The molecule has 0 spiro atoms. The van der Waals surface area contributed by atoms with Crippen molar-refractivity contribution < 1.29 is 14.6 Å². The minimum Gasteiger partial charge on any atom is -0.463 e. The molecule has 1 N–H and O–H groups in total. The number of ether oxygens (including phenoxy) is 1. The van der Waals surface area contributed by atoms with Crippen molar-refractivity contribution in [1.29, 1.82) is 0 Å². The monoisotopic (exact) mass is 273 g/mol. The molecule has 4 nitrogen and oxygen atoms in total. The molecule has 5 heteroatoms. The molecule has 1 aliphatic rings. The lowest BCUT2D eigenvalue weighted by Crippen LogP contribution is -2.28. The number of allylic oxidation sites excluding steroid dienone is 1. The van der Waals surface area contributed by atoms with E-state index in [0.717, 1.165) is 38.0 Å². The van der Waals surface area contributed by atoms with Crippen molar-refractivity contribution in [2.75, 3.05) is 25.5 Å². The van der Waals surface area contributed by atoms with Crippen molar-refractivity contribution >= 4 is 17.9 Å². The number of aliphatic hydroxyl groups excluding tert-OH is 1. The fourth-order valence-electron chi connectivity index (χ4n) is 1.88. The zero-order chi connectivity index (χ0) is 13.2. The van der Waals surface area contributed by atoms with Gasteiger partial charge in [-0.15, -0.1) is 0 Å². The van der Waals surface area contributed by atoms with Crippen LogP contribution >= 0.6 is 11.9 Å². The maximum absolute atomic E-state index is 11.0. The average Bonchev–Trinajstić information content (AvgIpc) is 2.81. The highest BCUT2D eigenvalue weighted by atomic mass is 32.2. The molecule has 0 aromatic carbocycles. The summed E-state index contributed by atoms with van der Waals surface area (Å²) in [6, 6.07) is 0.338. The van der Waals surface area contributed by atoms with Crippen LogP contribution in [0.25, 0.3) is 0 Å². The summed E-state index contributed by atoms with van der Waals surface area (Å²) >= 11 is 1.83. The quantitative estimate of drug-likeness (QED) is 0.317. The first-order valence-corrected chi connectivity index (χ1v) is 7.56. The van der Waals surface area contributed by atoms with Crippen LogP contribution in [0.4, 0.5) is 0 Å². The lowest BCUT2D eigenvalue weighted by atomic mass is 10.2. The molecule has 0 bridgehead atoms. The second-order valence-electron chi connectivity index (χ2n) is 4.25. The SMILES string of the molecule is CCOC(=O)C=CCCCCN1SCCC1CO. The normalized spacial score (nSPS) is 20.7. The van der Waals surface area contributed by atoms with Crippen LogP contribution < -0.4 is 0 Å². The highest BCUT2D eigenvalue weighted by Crippen LogP contribution is 2.26. The number of rotatable bonds is 8. The number of esters is 1. The summed E-state index contributed by atoms with van der Waals surface area (Å²) in [6.45, 7) is 3.51. The van der Waals surface area contributed by atoms with Crippen LogP contribution in [0.1, 0.15) is 32.6 Å². The second-order valence-corrected chi connectivity index (χ2v) is 5.38. The first kappa shape index (κ1) is 15.5. The predicted molar refractivity (Wildman–Crippen MR) is 74.3 cm³/mol. The Balaban J connectivity index is 2.03. The molecule has 1 rings (SSSR count). The summed E-state index contributed by atoms with van der Waals surface area (Å²) in [5.74, 6) is 0.863. The predicted octanol–water partition coefficient (Wildman–Crippen LogP) is 1.99. The zero-order valence-corrected chi connectivity index (χ0v) is 11.8. The molecule has 18 heavy (non-hydrogen) atoms. The van der Waals surface area contributed by atoms with Gasteiger partial charge in [-0.25, -0.2) is 9.10 Å². The summed E-state index contributed by atoms with van der Waals surface area (Å²) in [5, 5.41) is 9.17. The lowest BCUT2D eigenvalue weighted by Gasteiger charge is -2.20. The molecule has 1 atom stereocenters. The minimum absolute atomic E-state index is 0.257. The highest BCUT2D eigenvalue weighted by molar-refractivity contribution is 7.97. The van der Waals surface area contributed by atoms with Gasteiger partial charge < -0.3 is 9.84 Å².